The molecule has 18 heavy (non-hydrogen) atoms. The van der Waals surface area contributed by atoms with E-state index in [1.165, 1.54) is 10.4 Å². The van der Waals surface area contributed by atoms with Crippen LogP contribution in [0.3, 0.4) is 0 Å². The lowest BCUT2D eigenvalue weighted by Crippen LogP contribution is -2.13. The fourth-order valence-electron chi connectivity index (χ4n) is 2.70. The number of carboxylic acids is 1. The number of aromatic carboxylic acids is 1. The molecule has 0 spiro atoms. The van der Waals surface area contributed by atoms with E-state index < -0.39 is 5.97 Å². The number of carboxylic acid groups (broad SMARTS) is 1. The van der Waals surface area contributed by atoms with E-state index in [4.69, 9.17) is 5.11 Å². The van der Waals surface area contributed by atoms with E-state index in [2.05, 4.69) is 24.3 Å². The zero-order valence-electron chi connectivity index (χ0n) is 9.93. The van der Waals surface area contributed by atoms with Crippen molar-refractivity contribution in [3.63, 3.8) is 0 Å². The summed E-state index contributed by atoms with van der Waals surface area (Å²) >= 11 is 1.60. The van der Waals surface area contributed by atoms with Crippen LogP contribution in [0.4, 0.5) is 0 Å². The summed E-state index contributed by atoms with van der Waals surface area (Å²) in [6.07, 6.45) is 2.92. The molecule has 1 aromatic heterocycles. The zero-order chi connectivity index (χ0) is 12.5. The molecule has 92 valence electrons. The van der Waals surface area contributed by atoms with Gasteiger partial charge in [-0.05, 0) is 36.3 Å². The Kier molecular flexibility index (Phi) is 2.92. The summed E-state index contributed by atoms with van der Waals surface area (Å²) in [5.41, 5.74) is 2.95. The van der Waals surface area contributed by atoms with E-state index in [0.717, 1.165) is 24.8 Å². The van der Waals surface area contributed by atoms with Crippen molar-refractivity contribution < 1.29 is 9.90 Å². The molecule has 0 aliphatic heterocycles. The molecule has 0 amide bonds. The van der Waals surface area contributed by atoms with E-state index in [0.29, 0.717) is 11.5 Å². The highest BCUT2D eigenvalue weighted by molar-refractivity contribution is 7.10. The molecule has 0 radical (unpaired) electrons. The highest BCUT2D eigenvalue weighted by Gasteiger charge is 2.25. The first-order chi connectivity index (χ1) is 8.75. The van der Waals surface area contributed by atoms with Gasteiger partial charge in [-0.2, -0.15) is 0 Å². The lowest BCUT2D eigenvalue weighted by Gasteiger charge is -2.22. The Morgan fingerprint density at radius 1 is 1.28 bits per heavy atom. The summed E-state index contributed by atoms with van der Waals surface area (Å²) in [5.74, 6) is -0.246. The number of rotatable bonds is 2. The van der Waals surface area contributed by atoms with Crippen molar-refractivity contribution in [1.82, 2.24) is 0 Å². The molecule has 2 nitrogen and oxygen atoms in total. The van der Waals surface area contributed by atoms with Crippen molar-refractivity contribution in [2.45, 2.75) is 25.2 Å². The summed E-state index contributed by atoms with van der Waals surface area (Å²) in [5, 5.41) is 10.9. The van der Waals surface area contributed by atoms with Crippen molar-refractivity contribution >= 4 is 17.3 Å². The number of hydrogen-bond acceptors (Lipinski definition) is 2. The van der Waals surface area contributed by atoms with Crippen LogP contribution < -0.4 is 0 Å². The summed E-state index contributed by atoms with van der Waals surface area (Å²) < 4.78 is 0. The SMILES string of the molecule is O=C(O)c1csc2c1CC[C@H](c1ccccc1)C2. The van der Waals surface area contributed by atoms with Gasteiger partial charge < -0.3 is 5.11 Å². The molecule has 0 saturated heterocycles. The molecule has 0 fully saturated rings. The van der Waals surface area contributed by atoms with E-state index in [1.807, 2.05) is 6.07 Å². The molecule has 3 rings (SSSR count). The molecule has 1 heterocycles. The predicted molar refractivity (Wildman–Crippen MR) is 72.5 cm³/mol. The molecular weight excluding hydrogens is 244 g/mol. The first kappa shape index (κ1) is 11.5. The fourth-order valence-corrected chi connectivity index (χ4v) is 3.86. The maximum Gasteiger partial charge on any atom is 0.336 e. The van der Waals surface area contributed by atoms with Gasteiger partial charge in [0, 0.05) is 10.3 Å². The Labute approximate surface area is 110 Å². The van der Waals surface area contributed by atoms with Gasteiger partial charge in [0.15, 0.2) is 0 Å². The molecule has 1 aromatic carbocycles. The highest BCUT2D eigenvalue weighted by Crippen LogP contribution is 2.37. The van der Waals surface area contributed by atoms with Gasteiger partial charge in [-0.1, -0.05) is 30.3 Å². The summed E-state index contributed by atoms with van der Waals surface area (Å²) in [6.45, 7) is 0. The normalized spacial score (nSPS) is 18.3. The van der Waals surface area contributed by atoms with Gasteiger partial charge in [-0.25, -0.2) is 4.79 Å². The standard InChI is InChI=1S/C15H14O2S/c16-15(17)13-9-18-14-8-11(6-7-12(13)14)10-4-2-1-3-5-10/h1-5,9,11H,6-8H2,(H,16,17)/t11-/m0/s1. The molecule has 2 aromatic rings. The number of hydrogen-bond donors (Lipinski definition) is 1. The Morgan fingerprint density at radius 3 is 2.78 bits per heavy atom. The smallest absolute Gasteiger partial charge is 0.336 e. The third kappa shape index (κ3) is 1.95. The number of benzene rings is 1. The lowest BCUT2D eigenvalue weighted by atomic mass is 9.83. The number of thiophene rings is 1. The molecule has 0 unspecified atom stereocenters. The Hall–Kier alpha value is -1.61. The molecule has 0 bridgehead atoms. The average Bonchev–Trinajstić information content (AvgIpc) is 2.82. The minimum atomic E-state index is -0.786. The Balaban J connectivity index is 1.89. The van der Waals surface area contributed by atoms with Crippen LogP contribution in [0.15, 0.2) is 35.7 Å². The topological polar surface area (TPSA) is 37.3 Å². The predicted octanol–water partition coefficient (Wildman–Crippen LogP) is 3.72. The van der Waals surface area contributed by atoms with Crippen molar-refractivity contribution in [3.8, 4) is 0 Å². The quantitative estimate of drug-likeness (QED) is 0.891. The maximum absolute atomic E-state index is 11.1. The van der Waals surface area contributed by atoms with E-state index in [-0.39, 0.29) is 0 Å². The first-order valence-electron chi connectivity index (χ1n) is 6.13. The van der Waals surface area contributed by atoms with Gasteiger partial charge in [0.25, 0.3) is 0 Å². The van der Waals surface area contributed by atoms with Crippen LogP contribution in [0, 0.1) is 0 Å². The Morgan fingerprint density at radius 2 is 2.06 bits per heavy atom. The van der Waals surface area contributed by atoms with E-state index in [9.17, 15) is 4.79 Å². The fraction of sp³-hybridized carbons (Fsp3) is 0.267. The lowest BCUT2D eigenvalue weighted by molar-refractivity contribution is 0.0696. The van der Waals surface area contributed by atoms with Gasteiger partial charge in [-0.15, -0.1) is 11.3 Å². The minimum Gasteiger partial charge on any atom is -0.478 e. The molecular formula is C15H14O2S. The second kappa shape index (κ2) is 4.58. The highest BCUT2D eigenvalue weighted by atomic mass is 32.1. The molecule has 0 saturated carbocycles. The van der Waals surface area contributed by atoms with Gasteiger partial charge >= 0.3 is 5.97 Å². The molecule has 1 aliphatic rings. The van der Waals surface area contributed by atoms with Gasteiger partial charge in [0.2, 0.25) is 0 Å². The summed E-state index contributed by atoms with van der Waals surface area (Å²) in [6, 6.07) is 10.5. The maximum atomic E-state index is 11.1. The van der Waals surface area contributed by atoms with Crippen LogP contribution >= 0.6 is 11.3 Å². The van der Waals surface area contributed by atoms with Gasteiger partial charge in [0.1, 0.15) is 0 Å². The minimum absolute atomic E-state index is 0.515. The van der Waals surface area contributed by atoms with Crippen molar-refractivity contribution in [1.29, 1.82) is 0 Å². The van der Waals surface area contributed by atoms with Gasteiger partial charge in [0.05, 0.1) is 5.56 Å². The third-order valence-electron chi connectivity index (χ3n) is 3.66. The van der Waals surface area contributed by atoms with Crippen LogP contribution in [0.1, 0.15) is 38.7 Å². The van der Waals surface area contributed by atoms with Crippen LogP contribution in [-0.4, -0.2) is 11.1 Å². The Bertz CT molecular complexity index is 571. The van der Waals surface area contributed by atoms with E-state index >= 15 is 0 Å². The van der Waals surface area contributed by atoms with Crippen LogP contribution in [0.25, 0.3) is 0 Å². The number of fused-ring (bicyclic) bond motifs is 1. The van der Waals surface area contributed by atoms with Crippen molar-refractivity contribution in [3.05, 3.63) is 57.3 Å². The molecule has 1 atom stereocenters. The molecule has 1 aliphatic carbocycles. The molecule has 1 N–H and O–H groups in total. The summed E-state index contributed by atoms with van der Waals surface area (Å²) in [4.78, 5) is 12.3. The zero-order valence-corrected chi connectivity index (χ0v) is 10.7. The second-order valence-electron chi connectivity index (χ2n) is 4.71. The summed E-state index contributed by atoms with van der Waals surface area (Å²) in [7, 11) is 0. The number of carbonyl (C=O) groups is 1. The van der Waals surface area contributed by atoms with Crippen molar-refractivity contribution in [2.75, 3.05) is 0 Å². The van der Waals surface area contributed by atoms with E-state index in [1.54, 1.807) is 16.7 Å². The van der Waals surface area contributed by atoms with Crippen LogP contribution in [-0.2, 0) is 12.8 Å². The van der Waals surface area contributed by atoms with Crippen LogP contribution in [0.5, 0.6) is 0 Å². The average molecular weight is 258 g/mol. The largest absolute Gasteiger partial charge is 0.478 e. The van der Waals surface area contributed by atoms with Crippen LogP contribution in [0.2, 0.25) is 0 Å². The molecule has 3 heteroatoms. The van der Waals surface area contributed by atoms with Crippen molar-refractivity contribution in [2.24, 2.45) is 0 Å². The van der Waals surface area contributed by atoms with Gasteiger partial charge in [-0.3, -0.25) is 0 Å². The third-order valence-corrected chi connectivity index (χ3v) is 4.71. The monoisotopic (exact) mass is 258 g/mol. The second-order valence-corrected chi connectivity index (χ2v) is 5.67. The first-order valence-corrected chi connectivity index (χ1v) is 7.01.